The summed E-state index contributed by atoms with van der Waals surface area (Å²) >= 11 is 0. The highest BCUT2D eigenvalue weighted by molar-refractivity contribution is 5.82. The molecule has 1 aromatic rings. The van der Waals surface area contributed by atoms with Gasteiger partial charge in [-0.3, -0.25) is 4.99 Å². The van der Waals surface area contributed by atoms with Crippen LogP contribution in [0.1, 0.15) is 38.2 Å². The van der Waals surface area contributed by atoms with Crippen LogP contribution in [-0.2, 0) is 4.74 Å². The van der Waals surface area contributed by atoms with Gasteiger partial charge in [0.05, 0.1) is 17.5 Å². The van der Waals surface area contributed by atoms with Crippen molar-refractivity contribution in [2.24, 2.45) is 4.99 Å². The highest BCUT2D eigenvalue weighted by atomic mass is 19.2. The molecule has 2 N–H and O–H groups in total. The molecule has 0 aromatic heterocycles. The highest BCUT2D eigenvalue weighted by Gasteiger charge is 2.28. The SMILES string of the molecule is COC(C)(C)C(O)CNC1=NC[C@H](c2cccc(F)c2F)CC1. The first-order chi connectivity index (χ1) is 10.8. The number of ether oxygens (including phenoxy) is 1. The summed E-state index contributed by atoms with van der Waals surface area (Å²) in [6, 6.07) is 4.26. The van der Waals surface area contributed by atoms with Crippen molar-refractivity contribution < 1.29 is 18.6 Å². The second-order valence-electron chi connectivity index (χ2n) is 6.37. The lowest BCUT2D eigenvalue weighted by molar-refractivity contribution is -0.0742. The van der Waals surface area contributed by atoms with E-state index in [4.69, 9.17) is 4.74 Å². The highest BCUT2D eigenvalue weighted by Crippen LogP contribution is 2.28. The van der Waals surface area contributed by atoms with Gasteiger partial charge in [-0.1, -0.05) is 12.1 Å². The minimum absolute atomic E-state index is 0.114. The molecule has 1 heterocycles. The van der Waals surface area contributed by atoms with Gasteiger partial charge in [0.1, 0.15) is 0 Å². The van der Waals surface area contributed by atoms with Crippen LogP contribution in [0.2, 0.25) is 0 Å². The molecule has 2 atom stereocenters. The summed E-state index contributed by atoms with van der Waals surface area (Å²) < 4.78 is 32.4. The van der Waals surface area contributed by atoms with E-state index in [2.05, 4.69) is 10.3 Å². The fourth-order valence-corrected chi connectivity index (χ4v) is 2.53. The van der Waals surface area contributed by atoms with Crippen LogP contribution in [0.3, 0.4) is 0 Å². The fraction of sp³-hybridized carbons (Fsp3) is 0.588. The predicted octanol–water partition coefficient (Wildman–Crippen LogP) is 2.62. The zero-order chi connectivity index (χ0) is 17.0. The van der Waals surface area contributed by atoms with Crippen molar-refractivity contribution in [3.63, 3.8) is 0 Å². The molecule has 0 radical (unpaired) electrons. The summed E-state index contributed by atoms with van der Waals surface area (Å²) in [4.78, 5) is 4.40. The Labute approximate surface area is 135 Å². The predicted molar refractivity (Wildman–Crippen MR) is 85.7 cm³/mol. The number of hydrogen-bond acceptors (Lipinski definition) is 4. The number of amidine groups is 1. The van der Waals surface area contributed by atoms with Crippen molar-refractivity contribution in [1.82, 2.24) is 5.32 Å². The van der Waals surface area contributed by atoms with Crippen LogP contribution in [0.4, 0.5) is 8.78 Å². The Morgan fingerprint density at radius 1 is 1.43 bits per heavy atom. The maximum Gasteiger partial charge on any atom is 0.162 e. The Morgan fingerprint density at radius 2 is 2.17 bits per heavy atom. The van der Waals surface area contributed by atoms with Crippen molar-refractivity contribution in [2.45, 2.75) is 44.3 Å². The molecule has 0 aliphatic carbocycles. The lowest BCUT2D eigenvalue weighted by atomic mass is 9.91. The van der Waals surface area contributed by atoms with Gasteiger partial charge < -0.3 is 15.2 Å². The number of hydrogen-bond donors (Lipinski definition) is 2. The number of nitrogens with zero attached hydrogens (tertiary/aromatic N) is 1. The van der Waals surface area contributed by atoms with Crippen LogP contribution in [0.15, 0.2) is 23.2 Å². The van der Waals surface area contributed by atoms with Gasteiger partial charge in [0.15, 0.2) is 11.6 Å². The van der Waals surface area contributed by atoms with Crippen LogP contribution >= 0.6 is 0 Å². The van der Waals surface area contributed by atoms with Gasteiger partial charge in [-0.25, -0.2) is 8.78 Å². The Hall–Kier alpha value is -1.53. The minimum Gasteiger partial charge on any atom is -0.388 e. The normalized spacial score (nSPS) is 20.1. The average molecular weight is 326 g/mol. The molecule has 1 aromatic carbocycles. The zero-order valence-electron chi connectivity index (χ0n) is 13.8. The molecular formula is C17H24F2N2O2. The quantitative estimate of drug-likeness (QED) is 0.874. The first-order valence-corrected chi connectivity index (χ1v) is 7.79. The number of methoxy groups -OCH3 is 1. The third-order valence-corrected chi connectivity index (χ3v) is 4.48. The fourth-order valence-electron chi connectivity index (χ4n) is 2.53. The summed E-state index contributed by atoms with van der Waals surface area (Å²) in [5.41, 5.74) is -0.261. The minimum atomic E-state index is -0.819. The van der Waals surface area contributed by atoms with Crippen molar-refractivity contribution in [1.29, 1.82) is 0 Å². The van der Waals surface area contributed by atoms with Gasteiger partial charge in [0.25, 0.3) is 0 Å². The van der Waals surface area contributed by atoms with Gasteiger partial charge >= 0.3 is 0 Å². The Bertz CT molecular complexity index is 576. The number of benzene rings is 1. The second-order valence-corrected chi connectivity index (χ2v) is 6.37. The largest absolute Gasteiger partial charge is 0.388 e. The lowest BCUT2D eigenvalue weighted by Gasteiger charge is -2.30. The summed E-state index contributed by atoms with van der Waals surface area (Å²) in [6.07, 6.45) is 0.657. The van der Waals surface area contributed by atoms with E-state index in [0.717, 1.165) is 11.9 Å². The molecule has 2 rings (SSSR count). The summed E-state index contributed by atoms with van der Waals surface area (Å²) in [7, 11) is 1.56. The molecule has 1 unspecified atom stereocenters. The van der Waals surface area contributed by atoms with E-state index in [0.29, 0.717) is 31.5 Å². The van der Waals surface area contributed by atoms with Crippen LogP contribution in [0.25, 0.3) is 0 Å². The Morgan fingerprint density at radius 3 is 2.78 bits per heavy atom. The first kappa shape index (κ1) is 17.8. The molecule has 0 saturated carbocycles. The smallest absolute Gasteiger partial charge is 0.162 e. The first-order valence-electron chi connectivity index (χ1n) is 7.79. The number of aliphatic hydroxyl groups excluding tert-OH is 1. The van der Waals surface area contributed by atoms with E-state index in [1.807, 2.05) is 13.8 Å². The van der Waals surface area contributed by atoms with E-state index in [1.165, 1.54) is 6.07 Å². The van der Waals surface area contributed by atoms with Gasteiger partial charge in [-0.05, 0) is 31.9 Å². The van der Waals surface area contributed by atoms with E-state index in [1.54, 1.807) is 13.2 Å². The van der Waals surface area contributed by atoms with Gasteiger partial charge in [0.2, 0.25) is 0 Å². The molecule has 4 nitrogen and oxygen atoms in total. The maximum atomic E-state index is 13.8. The molecule has 128 valence electrons. The monoisotopic (exact) mass is 326 g/mol. The number of aliphatic hydroxyl groups is 1. The number of rotatable bonds is 5. The molecule has 0 amide bonds. The van der Waals surface area contributed by atoms with Crippen LogP contribution in [-0.4, -0.2) is 42.8 Å². The number of nitrogens with one attached hydrogen (secondary N) is 1. The van der Waals surface area contributed by atoms with Gasteiger partial charge in [-0.2, -0.15) is 0 Å². The molecule has 1 aliphatic heterocycles. The maximum absolute atomic E-state index is 13.8. The Kier molecular flexibility index (Phi) is 5.70. The molecule has 6 heteroatoms. The standard InChI is InChI=1S/C17H24F2N2O2/c1-17(2,23-3)14(22)10-21-15-8-7-11(9-20-15)12-5-4-6-13(18)16(12)19/h4-6,11,14,22H,7-10H2,1-3H3,(H,20,21)/t11-,14?/m1/s1. The van der Waals surface area contributed by atoms with Gasteiger partial charge in [-0.15, -0.1) is 0 Å². The van der Waals surface area contributed by atoms with Crippen LogP contribution in [0.5, 0.6) is 0 Å². The molecule has 0 saturated heterocycles. The zero-order valence-corrected chi connectivity index (χ0v) is 13.8. The molecule has 23 heavy (non-hydrogen) atoms. The summed E-state index contributed by atoms with van der Waals surface area (Å²) in [6.45, 7) is 4.36. The summed E-state index contributed by atoms with van der Waals surface area (Å²) in [5.74, 6) is -0.928. The van der Waals surface area contributed by atoms with Gasteiger partial charge in [0, 0.05) is 32.5 Å². The second kappa shape index (κ2) is 7.36. The van der Waals surface area contributed by atoms with Crippen molar-refractivity contribution in [3.05, 3.63) is 35.4 Å². The molecule has 1 aliphatic rings. The van der Waals surface area contributed by atoms with Crippen molar-refractivity contribution in [2.75, 3.05) is 20.2 Å². The number of aliphatic imine (C=N–C) groups is 1. The lowest BCUT2D eigenvalue weighted by Crippen LogP contribution is -2.46. The summed E-state index contributed by atoms with van der Waals surface area (Å²) in [5, 5.41) is 13.2. The molecule has 0 spiro atoms. The Balaban J connectivity index is 1.93. The third-order valence-electron chi connectivity index (χ3n) is 4.48. The topological polar surface area (TPSA) is 53.9 Å². The van der Waals surface area contributed by atoms with E-state index >= 15 is 0 Å². The molecular weight excluding hydrogens is 302 g/mol. The van der Waals surface area contributed by atoms with E-state index < -0.39 is 23.3 Å². The van der Waals surface area contributed by atoms with Crippen molar-refractivity contribution in [3.8, 4) is 0 Å². The third kappa shape index (κ3) is 4.26. The molecule has 0 fully saturated rings. The number of halogens is 2. The molecule has 0 bridgehead atoms. The van der Waals surface area contributed by atoms with Crippen LogP contribution < -0.4 is 5.32 Å². The van der Waals surface area contributed by atoms with E-state index in [9.17, 15) is 13.9 Å². The van der Waals surface area contributed by atoms with E-state index in [-0.39, 0.29) is 5.92 Å². The average Bonchev–Trinajstić information content (AvgIpc) is 2.55. The van der Waals surface area contributed by atoms with Crippen LogP contribution in [0, 0.1) is 11.6 Å². The van der Waals surface area contributed by atoms with Crippen molar-refractivity contribution >= 4 is 5.84 Å².